The topological polar surface area (TPSA) is 177 Å². The Morgan fingerprint density at radius 1 is 0.356 bits per heavy atom. The van der Waals surface area contributed by atoms with E-state index < -0.39 is 10.3 Å². The number of rotatable bonds is 0. The van der Waals surface area contributed by atoms with E-state index in [4.69, 9.17) is 13.0 Å². The molecule has 11 N–H and O–H groups in total. The Balaban J connectivity index is 0.000000560. The van der Waals surface area contributed by atoms with E-state index in [-0.39, 0.29) is 0 Å². The molecule has 9 aliphatic rings. The Bertz CT molecular complexity index is 933. The summed E-state index contributed by atoms with van der Waals surface area (Å²) in [4.78, 5) is 0. The molecule has 13 heteroatoms. The van der Waals surface area contributed by atoms with Crippen molar-refractivity contribution in [2.45, 2.75) is 152 Å². The summed E-state index contributed by atoms with van der Waals surface area (Å²) >= 11 is 0. The van der Waals surface area contributed by atoms with E-state index in [1.165, 1.54) is 103 Å². The maximum atomic E-state index is 8.97. The van der Waals surface area contributed by atoms with Gasteiger partial charge in [-0.25, -0.2) is 5.14 Å². The van der Waals surface area contributed by atoms with Crippen LogP contribution in [0, 0.1) is 47.3 Å². The fourth-order valence-corrected chi connectivity index (χ4v) is 12.0. The highest BCUT2D eigenvalue weighted by Gasteiger charge is 2.54. The van der Waals surface area contributed by atoms with Crippen LogP contribution in [0.3, 0.4) is 0 Å². The predicted octanol–water partition coefficient (Wildman–Crippen LogP) is 1.35. The predicted molar refractivity (Wildman–Crippen MR) is 173 cm³/mol. The van der Waals surface area contributed by atoms with Crippen molar-refractivity contribution in [3.8, 4) is 0 Å². The van der Waals surface area contributed by atoms with Gasteiger partial charge in [-0.05, 0) is 98.7 Å². The van der Waals surface area contributed by atoms with Gasteiger partial charge in [0.2, 0.25) is 0 Å². The first-order valence-corrected chi connectivity index (χ1v) is 20.1. The number of fused-ring (bicyclic) bond motifs is 20. The number of hydrogen-bond acceptors (Lipinski definition) is 10. The van der Waals surface area contributed by atoms with Gasteiger partial charge in [0.1, 0.15) is 0 Å². The van der Waals surface area contributed by atoms with Gasteiger partial charge < -0.3 is 0 Å². The fourth-order valence-electron chi connectivity index (χ4n) is 12.0. The Hall–Kier alpha value is -0.450. The normalized spacial score (nSPS) is 52.5. The van der Waals surface area contributed by atoms with E-state index in [9.17, 15) is 0 Å². The summed E-state index contributed by atoms with van der Waals surface area (Å²) in [6, 6.07) is 0. The highest BCUT2D eigenvalue weighted by Crippen LogP contribution is 2.45. The highest BCUT2D eigenvalue weighted by atomic mass is 32.2. The van der Waals surface area contributed by atoms with Gasteiger partial charge in [0.25, 0.3) is 0 Å². The molecule has 5 heterocycles. The molecule has 9 rings (SSSR count). The van der Waals surface area contributed by atoms with Crippen molar-refractivity contribution in [3.05, 3.63) is 0 Å². The van der Waals surface area contributed by atoms with Gasteiger partial charge in [0.05, 0.1) is 49.3 Å². The molecule has 0 radical (unpaired) electrons. The highest BCUT2D eigenvalue weighted by molar-refractivity contribution is 7.83. The van der Waals surface area contributed by atoms with Gasteiger partial charge in [-0.2, -0.15) is 8.42 Å². The van der Waals surface area contributed by atoms with Gasteiger partial charge in [-0.1, -0.05) is 51.4 Å². The van der Waals surface area contributed by atoms with Gasteiger partial charge >= 0.3 is 10.3 Å². The lowest BCUT2D eigenvalue weighted by atomic mass is 9.76. The van der Waals surface area contributed by atoms with Crippen LogP contribution in [0.15, 0.2) is 0 Å². The molecule has 8 atom stereocenters. The van der Waals surface area contributed by atoms with Gasteiger partial charge in [0.15, 0.2) is 0 Å². The summed E-state index contributed by atoms with van der Waals surface area (Å²) in [5.74, 6) is 5.97. The molecule has 5 aliphatic heterocycles. The summed E-state index contributed by atoms with van der Waals surface area (Å²) in [6.07, 6.45) is 25.6. The number of nitrogens with two attached hydrogens (primary N) is 1. The minimum Gasteiger partial charge on any atom is -0.286 e. The first kappa shape index (κ1) is 31.8. The van der Waals surface area contributed by atoms with Crippen LogP contribution < -0.4 is 47.7 Å². The molecular weight excluding hydrogens is 590 g/mol. The van der Waals surface area contributed by atoms with E-state index in [1.807, 2.05) is 0 Å². The molecule has 0 aromatic heterocycles. The standard InChI is InChI=1S/C32H56N8.H3NO3S/c1-2-10-18-17(9-1)25-33-26(18)38-28-21-13-5-6-14-22(21)30(35-28)40-32-24-16-8-7-15-23(24)31(36-32)39-29-20-12-4-3-11-19(20)27(34-29)37-25;1-5(2,3)4/h17-40H,1-16H2;(H3,1,2,3,4). The van der Waals surface area contributed by atoms with Crippen LogP contribution >= 0.6 is 0 Å². The third kappa shape index (κ3) is 6.50. The van der Waals surface area contributed by atoms with E-state index in [2.05, 4.69) is 47.7 Å². The first-order chi connectivity index (χ1) is 21.8. The average molecular weight is 650 g/mol. The van der Waals surface area contributed by atoms with Gasteiger partial charge in [-0.15, -0.1) is 0 Å². The van der Waals surface area contributed by atoms with Gasteiger partial charge in [-0.3, -0.25) is 47.1 Å². The number of nitrogens with one attached hydrogen (secondary N) is 8. The maximum Gasteiger partial charge on any atom is 0.330 e. The molecule has 0 amide bonds. The quantitative estimate of drug-likeness (QED) is 0.172. The molecule has 0 spiro atoms. The molecule has 9 fully saturated rings. The van der Waals surface area contributed by atoms with E-state index in [0.717, 1.165) is 47.3 Å². The van der Waals surface area contributed by atoms with Crippen LogP contribution in [0.2, 0.25) is 0 Å². The minimum atomic E-state index is -4.17. The molecule has 8 bridgehead atoms. The molecule has 4 aliphatic carbocycles. The van der Waals surface area contributed by atoms with Crippen molar-refractivity contribution in [3.63, 3.8) is 0 Å². The maximum absolute atomic E-state index is 8.97. The Kier molecular flexibility index (Phi) is 9.26. The van der Waals surface area contributed by atoms with Crippen LogP contribution in [-0.4, -0.2) is 62.3 Å². The van der Waals surface area contributed by atoms with Crippen LogP contribution in [-0.2, 0) is 10.3 Å². The van der Waals surface area contributed by atoms with Crippen molar-refractivity contribution >= 4 is 10.3 Å². The van der Waals surface area contributed by atoms with Crippen molar-refractivity contribution in [1.29, 1.82) is 0 Å². The van der Waals surface area contributed by atoms with Crippen molar-refractivity contribution in [2.24, 2.45) is 52.5 Å². The molecule has 256 valence electrons. The zero-order chi connectivity index (χ0) is 30.7. The third-order valence-electron chi connectivity index (χ3n) is 13.8. The Labute approximate surface area is 270 Å². The van der Waals surface area contributed by atoms with E-state index >= 15 is 0 Å². The summed E-state index contributed by atoms with van der Waals surface area (Å²) in [7, 11) is -4.17. The van der Waals surface area contributed by atoms with Crippen LogP contribution in [0.1, 0.15) is 103 Å². The Morgan fingerprint density at radius 2 is 0.467 bits per heavy atom. The van der Waals surface area contributed by atoms with E-state index in [1.54, 1.807) is 0 Å². The number of hydrogen-bond donors (Lipinski definition) is 10. The smallest absolute Gasteiger partial charge is 0.286 e. The summed E-state index contributed by atoms with van der Waals surface area (Å²) < 4.78 is 25.2. The molecule has 0 aromatic carbocycles. The zero-order valence-corrected chi connectivity index (χ0v) is 27.6. The minimum absolute atomic E-state index is 0.420. The third-order valence-corrected chi connectivity index (χ3v) is 13.8. The lowest BCUT2D eigenvalue weighted by Crippen LogP contribution is -2.61. The lowest BCUT2D eigenvalue weighted by Gasteiger charge is -2.35. The SMILES string of the molecule is C1CCC2C3NC(NC4NC(NC5NC(NC6NC(N3)C3CCCCC63)C3CCCCC53)C3CCCCC43)C2C1.NS(=O)(=O)O. The summed E-state index contributed by atoms with van der Waals surface area (Å²) in [5.41, 5.74) is 0. The summed E-state index contributed by atoms with van der Waals surface area (Å²) in [6.45, 7) is 0. The Morgan fingerprint density at radius 3 is 0.578 bits per heavy atom. The summed E-state index contributed by atoms with van der Waals surface area (Å²) in [5, 5.41) is 37.7. The van der Waals surface area contributed by atoms with E-state index in [0.29, 0.717) is 49.3 Å². The van der Waals surface area contributed by atoms with Crippen LogP contribution in [0.4, 0.5) is 0 Å². The average Bonchev–Trinajstić information content (AvgIpc) is 3.76. The molecule has 5 saturated heterocycles. The molecule has 4 saturated carbocycles. The second-order valence-electron chi connectivity index (χ2n) is 16.1. The molecular formula is C32H59N9O3S. The van der Waals surface area contributed by atoms with Gasteiger partial charge in [0, 0.05) is 0 Å². The second kappa shape index (κ2) is 13.1. The lowest BCUT2D eigenvalue weighted by molar-refractivity contribution is 0.167. The largest absolute Gasteiger partial charge is 0.330 e. The monoisotopic (exact) mass is 649 g/mol. The molecule has 8 unspecified atom stereocenters. The van der Waals surface area contributed by atoms with Crippen molar-refractivity contribution < 1.29 is 13.0 Å². The molecule has 12 nitrogen and oxygen atoms in total. The van der Waals surface area contributed by atoms with Crippen molar-refractivity contribution in [2.75, 3.05) is 0 Å². The zero-order valence-electron chi connectivity index (χ0n) is 26.8. The van der Waals surface area contributed by atoms with Crippen molar-refractivity contribution in [1.82, 2.24) is 42.5 Å². The first-order valence-electron chi connectivity index (χ1n) is 18.6. The van der Waals surface area contributed by atoms with Crippen LogP contribution in [0.5, 0.6) is 0 Å². The fraction of sp³-hybridized carbons (Fsp3) is 1.00. The molecule has 0 aromatic rings. The second-order valence-corrected chi connectivity index (χ2v) is 17.1. The van der Waals surface area contributed by atoms with Crippen LogP contribution in [0.25, 0.3) is 0 Å². The molecule has 45 heavy (non-hydrogen) atoms.